The minimum Gasteiger partial charge on any atom is -0.350 e. The topological polar surface area (TPSA) is 69.7 Å². The van der Waals surface area contributed by atoms with Crippen LogP contribution in [0.25, 0.3) is 0 Å². The third kappa shape index (κ3) is 3.97. The van der Waals surface area contributed by atoms with E-state index in [1.54, 1.807) is 31.2 Å². The Labute approximate surface area is 156 Å². The second-order valence-electron chi connectivity index (χ2n) is 6.49. The van der Waals surface area contributed by atoms with Crippen molar-refractivity contribution in [1.29, 1.82) is 0 Å². The predicted octanol–water partition coefficient (Wildman–Crippen LogP) is 2.61. The Hall–Kier alpha value is -3.22. The lowest BCUT2D eigenvalue weighted by Gasteiger charge is -2.19. The van der Waals surface area contributed by atoms with E-state index in [0.717, 1.165) is 16.0 Å². The summed E-state index contributed by atoms with van der Waals surface area (Å²) in [5.74, 6) is -1.24. The molecule has 3 rings (SSSR count). The van der Waals surface area contributed by atoms with E-state index in [9.17, 15) is 18.8 Å². The zero-order chi connectivity index (χ0) is 19.6. The molecule has 0 aliphatic carbocycles. The summed E-state index contributed by atoms with van der Waals surface area (Å²) in [5, 5.41) is 2.64. The number of imide groups is 1. The molecule has 0 saturated carbocycles. The normalized spacial score (nSPS) is 16.8. The van der Waals surface area contributed by atoms with Gasteiger partial charge in [-0.2, -0.15) is 0 Å². The molecule has 2 aromatic carbocycles. The lowest BCUT2D eigenvalue weighted by Crippen LogP contribution is -2.41. The second kappa shape index (κ2) is 7.57. The first-order valence-electron chi connectivity index (χ1n) is 8.59. The van der Waals surface area contributed by atoms with Gasteiger partial charge >= 0.3 is 6.03 Å². The highest BCUT2D eigenvalue weighted by Gasteiger charge is 2.43. The molecule has 1 aliphatic heterocycles. The highest BCUT2D eigenvalue weighted by Crippen LogP contribution is 2.25. The van der Waals surface area contributed by atoms with E-state index < -0.39 is 23.9 Å². The van der Waals surface area contributed by atoms with Gasteiger partial charge in [0, 0.05) is 12.2 Å². The molecule has 27 heavy (non-hydrogen) atoms. The summed E-state index contributed by atoms with van der Waals surface area (Å²) in [6, 6.07) is 11.8. The van der Waals surface area contributed by atoms with E-state index in [1.807, 2.05) is 19.1 Å². The maximum absolute atomic E-state index is 12.9. The smallest absolute Gasteiger partial charge is 0.332 e. The monoisotopic (exact) mass is 369 g/mol. The van der Waals surface area contributed by atoms with E-state index in [4.69, 9.17) is 0 Å². The fraction of sp³-hybridized carbons (Fsp3) is 0.250. The van der Waals surface area contributed by atoms with Crippen molar-refractivity contribution in [3.63, 3.8) is 0 Å². The zero-order valence-electron chi connectivity index (χ0n) is 15.1. The van der Waals surface area contributed by atoms with Crippen LogP contribution in [-0.4, -0.2) is 35.3 Å². The van der Waals surface area contributed by atoms with Crippen LogP contribution in [0.4, 0.5) is 14.9 Å². The van der Waals surface area contributed by atoms with Crippen LogP contribution in [0.3, 0.4) is 0 Å². The van der Waals surface area contributed by atoms with E-state index in [-0.39, 0.29) is 18.9 Å². The SMILES string of the molecule is Cc1ccc(N2C(=O)N(CC(=O)NCc3ccc(F)cc3)C(=O)[C@H]2C)cc1. The van der Waals surface area contributed by atoms with Gasteiger partial charge in [0.15, 0.2) is 0 Å². The van der Waals surface area contributed by atoms with Crippen LogP contribution in [-0.2, 0) is 16.1 Å². The molecule has 0 bridgehead atoms. The van der Waals surface area contributed by atoms with E-state index >= 15 is 0 Å². The number of amides is 4. The fourth-order valence-electron chi connectivity index (χ4n) is 2.91. The van der Waals surface area contributed by atoms with Gasteiger partial charge in [0.05, 0.1) is 0 Å². The van der Waals surface area contributed by atoms with Gasteiger partial charge < -0.3 is 5.32 Å². The molecule has 0 aromatic heterocycles. The number of halogens is 1. The summed E-state index contributed by atoms with van der Waals surface area (Å²) in [4.78, 5) is 39.6. The maximum Gasteiger partial charge on any atom is 0.332 e. The molecule has 1 saturated heterocycles. The minimum atomic E-state index is -0.676. The van der Waals surface area contributed by atoms with Crippen LogP contribution >= 0.6 is 0 Å². The number of aryl methyl sites for hydroxylation is 1. The number of anilines is 1. The van der Waals surface area contributed by atoms with Crippen molar-refractivity contribution >= 4 is 23.5 Å². The number of nitrogens with one attached hydrogen (secondary N) is 1. The molecule has 1 fully saturated rings. The summed E-state index contributed by atoms with van der Waals surface area (Å²) in [6.07, 6.45) is 0. The number of carbonyl (C=O) groups is 3. The van der Waals surface area contributed by atoms with Gasteiger partial charge in [-0.15, -0.1) is 0 Å². The molecular weight excluding hydrogens is 349 g/mol. The molecule has 2 aromatic rings. The molecule has 7 heteroatoms. The first-order valence-corrected chi connectivity index (χ1v) is 8.59. The number of urea groups is 1. The predicted molar refractivity (Wildman–Crippen MR) is 98.5 cm³/mol. The third-order valence-electron chi connectivity index (χ3n) is 4.46. The molecule has 1 atom stereocenters. The number of hydrogen-bond acceptors (Lipinski definition) is 3. The number of benzene rings is 2. The van der Waals surface area contributed by atoms with E-state index in [1.165, 1.54) is 17.0 Å². The van der Waals surface area contributed by atoms with Gasteiger partial charge in [0.2, 0.25) is 5.91 Å². The highest BCUT2D eigenvalue weighted by atomic mass is 19.1. The lowest BCUT2D eigenvalue weighted by molar-refractivity contribution is -0.131. The van der Waals surface area contributed by atoms with E-state index in [2.05, 4.69) is 5.32 Å². The minimum absolute atomic E-state index is 0.187. The molecule has 0 radical (unpaired) electrons. The van der Waals surface area contributed by atoms with Crippen LogP contribution < -0.4 is 10.2 Å². The number of carbonyl (C=O) groups excluding carboxylic acids is 3. The second-order valence-corrected chi connectivity index (χ2v) is 6.49. The molecular formula is C20H20FN3O3. The summed E-state index contributed by atoms with van der Waals surface area (Å²) in [6.45, 7) is 3.40. The van der Waals surface area contributed by atoms with Crippen LogP contribution in [0, 0.1) is 12.7 Å². The largest absolute Gasteiger partial charge is 0.350 e. The average Bonchev–Trinajstić information content (AvgIpc) is 2.86. The molecule has 4 amide bonds. The average molecular weight is 369 g/mol. The van der Waals surface area contributed by atoms with Crippen molar-refractivity contribution < 1.29 is 18.8 Å². The van der Waals surface area contributed by atoms with Gasteiger partial charge in [-0.25, -0.2) is 9.18 Å². The van der Waals surface area contributed by atoms with Crippen LogP contribution in [0.5, 0.6) is 0 Å². The first kappa shape index (κ1) is 18.6. The van der Waals surface area contributed by atoms with Crippen molar-refractivity contribution in [3.8, 4) is 0 Å². The molecule has 0 unspecified atom stereocenters. The zero-order valence-corrected chi connectivity index (χ0v) is 15.1. The van der Waals surface area contributed by atoms with Crippen LogP contribution in [0.15, 0.2) is 48.5 Å². The number of rotatable bonds is 5. The standard InChI is InChI=1S/C20H20FN3O3/c1-13-3-9-17(10-4-13)24-14(2)19(26)23(20(24)27)12-18(25)22-11-15-5-7-16(21)8-6-15/h3-10,14H,11-12H2,1-2H3,(H,22,25)/t14-/m1/s1. The van der Waals surface area contributed by atoms with E-state index in [0.29, 0.717) is 5.69 Å². The van der Waals surface area contributed by atoms with Crippen molar-refractivity contribution in [2.45, 2.75) is 26.4 Å². The lowest BCUT2D eigenvalue weighted by atomic mass is 10.2. The van der Waals surface area contributed by atoms with Crippen LogP contribution in [0.1, 0.15) is 18.1 Å². The highest BCUT2D eigenvalue weighted by molar-refractivity contribution is 6.15. The molecule has 140 valence electrons. The molecule has 0 spiro atoms. The summed E-state index contributed by atoms with van der Waals surface area (Å²) >= 11 is 0. The third-order valence-corrected chi connectivity index (χ3v) is 4.46. The maximum atomic E-state index is 12.9. The van der Waals surface area contributed by atoms with Crippen molar-refractivity contribution in [2.75, 3.05) is 11.4 Å². The number of nitrogens with zero attached hydrogens (tertiary/aromatic N) is 2. The Balaban J connectivity index is 1.64. The van der Waals surface area contributed by atoms with Gasteiger partial charge in [0.25, 0.3) is 5.91 Å². The molecule has 6 nitrogen and oxygen atoms in total. The summed E-state index contributed by atoms with van der Waals surface area (Å²) < 4.78 is 12.9. The van der Waals surface area contributed by atoms with Gasteiger partial charge in [0.1, 0.15) is 18.4 Å². The molecule has 1 heterocycles. The Morgan fingerprint density at radius 3 is 2.33 bits per heavy atom. The molecule has 1 N–H and O–H groups in total. The Morgan fingerprint density at radius 2 is 1.70 bits per heavy atom. The van der Waals surface area contributed by atoms with Crippen molar-refractivity contribution in [1.82, 2.24) is 10.2 Å². The summed E-state index contributed by atoms with van der Waals surface area (Å²) in [7, 11) is 0. The van der Waals surface area contributed by atoms with Gasteiger partial charge in [-0.3, -0.25) is 19.4 Å². The Kier molecular flexibility index (Phi) is 5.21. The van der Waals surface area contributed by atoms with Crippen molar-refractivity contribution in [2.24, 2.45) is 0 Å². The van der Waals surface area contributed by atoms with Gasteiger partial charge in [-0.1, -0.05) is 29.8 Å². The summed E-state index contributed by atoms with van der Waals surface area (Å²) in [5.41, 5.74) is 2.38. The number of hydrogen-bond donors (Lipinski definition) is 1. The fourth-order valence-corrected chi connectivity index (χ4v) is 2.91. The van der Waals surface area contributed by atoms with Crippen molar-refractivity contribution in [3.05, 3.63) is 65.5 Å². The Bertz CT molecular complexity index is 865. The van der Waals surface area contributed by atoms with Gasteiger partial charge in [-0.05, 0) is 43.7 Å². The first-order chi connectivity index (χ1) is 12.9. The molecule has 1 aliphatic rings. The quantitative estimate of drug-likeness (QED) is 0.824. The van der Waals surface area contributed by atoms with Crippen LogP contribution in [0.2, 0.25) is 0 Å². The Morgan fingerprint density at radius 1 is 1.07 bits per heavy atom.